The molecular weight excluding hydrogens is 308 g/mol. The Morgan fingerprint density at radius 1 is 1.29 bits per heavy atom. The normalized spacial score (nSPS) is 13.7. The Labute approximate surface area is 139 Å². The van der Waals surface area contributed by atoms with Gasteiger partial charge in [0, 0.05) is 24.7 Å². The summed E-state index contributed by atoms with van der Waals surface area (Å²) in [6.07, 6.45) is 3.08. The maximum atomic E-state index is 12.1. The number of fused-ring (bicyclic) bond motifs is 1. The highest BCUT2D eigenvalue weighted by atomic mass is 16.5. The molecule has 0 saturated heterocycles. The van der Waals surface area contributed by atoms with E-state index in [1.807, 2.05) is 18.2 Å². The van der Waals surface area contributed by atoms with Gasteiger partial charge in [0.05, 0.1) is 6.61 Å². The number of rotatable bonds is 6. The first-order chi connectivity index (χ1) is 11.6. The number of aliphatic carboxylic acids is 1. The molecule has 1 aromatic heterocycles. The Morgan fingerprint density at radius 3 is 2.92 bits per heavy atom. The third-order valence-corrected chi connectivity index (χ3v) is 3.93. The average Bonchev–Trinajstić information content (AvgIpc) is 3.06. The van der Waals surface area contributed by atoms with E-state index in [0.29, 0.717) is 18.6 Å². The molecule has 2 heterocycles. The lowest BCUT2D eigenvalue weighted by Crippen LogP contribution is -2.34. The summed E-state index contributed by atoms with van der Waals surface area (Å²) in [4.78, 5) is 27.8. The number of nitrogens with zero attached hydrogens (tertiary/aromatic N) is 1. The SMILES string of the molecule is O=C(CCc1ccccn1)NC(C(=O)O)c1ccc2c(c1)CCO2. The minimum Gasteiger partial charge on any atom is -0.493 e. The molecule has 1 atom stereocenters. The minimum absolute atomic E-state index is 0.189. The van der Waals surface area contributed by atoms with Crippen LogP contribution in [-0.4, -0.2) is 28.6 Å². The molecular formula is C18H18N2O4. The van der Waals surface area contributed by atoms with Crippen molar-refractivity contribution in [3.63, 3.8) is 0 Å². The first-order valence-corrected chi connectivity index (χ1v) is 7.81. The molecule has 1 aromatic carbocycles. The number of hydrogen-bond acceptors (Lipinski definition) is 4. The molecule has 24 heavy (non-hydrogen) atoms. The highest BCUT2D eigenvalue weighted by Crippen LogP contribution is 2.28. The highest BCUT2D eigenvalue weighted by Gasteiger charge is 2.24. The molecule has 2 N–H and O–H groups in total. The summed E-state index contributed by atoms with van der Waals surface area (Å²) in [5.41, 5.74) is 2.33. The molecule has 6 heteroatoms. The predicted molar refractivity (Wildman–Crippen MR) is 86.7 cm³/mol. The van der Waals surface area contributed by atoms with E-state index >= 15 is 0 Å². The van der Waals surface area contributed by atoms with Crippen molar-refractivity contribution in [2.24, 2.45) is 0 Å². The summed E-state index contributed by atoms with van der Waals surface area (Å²) in [6.45, 7) is 0.604. The van der Waals surface area contributed by atoms with Gasteiger partial charge in [0.25, 0.3) is 0 Å². The van der Waals surface area contributed by atoms with E-state index in [4.69, 9.17) is 4.74 Å². The molecule has 124 valence electrons. The van der Waals surface area contributed by atoms with Crippen LogP contribution in [0.4, 0.5) is 0 Å². The van der Waals surface area contributed by atoms with Gasteiger partial charge in [0.2, 0.25) is 5.91 Å². The van der Waals surface area contributed by atoms with E-state index < -0.39 is 12.0 Å². The lowest BCUT2D eigenvalue weighted by molar-refractivity contribution is -0.142. The molecule has 1 aliphatic rings. The Bertz CT molecular complexity index is 746. The summed E-state index contributed by atoms with van der Waals surface area (Å²) in [6, 6.07) is 9.67. The van der Waals surface area contributed by atoms with Gasteiger partial charge in [-0.05, 0) is 41.8 Å². The molecule has 0 bridgehead atoms. The van der Waals surface area contributed by atoms with Crippen molar-refractivity contribution in [2.75, 3.05) is 6.61 Å². The van der Waals surface area contributed by atoms with Gasteiger partial charge in [-0.15, -0.1) is 0 Å². The number of nitrogens with one attached hydrogen (secondary N) is 1. The van der Waals surface area contributed by atoms with E-state index in [2.05, 4.69) is 10.3 Å². The number of carbonyl (C=O) groups is 2. The van der Waals surface area contributed by atoms with Gasteiger partial charge in [-0.2, -0.15) is 0 Å². The molecule has 1 aliphatic heterocycles. The lowest BCUT2D eigenvalue weighted by atomic mass is 10.0. The van der Waals surface area contributed by atoms with Gasteiger partial charge < -0.3 is 15.2 Å². The number of carboxylic acids is 1. The largest absolute Gasteiger partial charge is 0.493 e. The number of benzene rings is 1. The van der Waals surface area contributed by atoms with E-state index in [1.165, 1.54) is 0 Å². The Kier molecular flexibility index (Phi) is 4.74. The van der Waals surface area contributed by atoms with Crippen molar-refractivity contribution in [3.05, 3.63) is 59.4 Å². The molecule has 6 nitrogen and oxygen atoms in total. The third-order valence-electron chi connectivity index (χ3n) is 3.93. The Hall–Kier alpha value is -2.89. The summed E-state index contributed by atoms with van der Waals surface area (Å²) in [7, 11) is 0. The summed E-state index contributed by atoms with van der Waals surface area (Å²) < 4.78 is 5.42. The van der Waals surface area contributed by atoms with E-state index in [-0.39, 0.29) is 12.3 Å². The number of aryl methyl sites for hydroxylation is 1. The van der Waals surface area contributed by atoms with Crippen LogP contribution in [0.5, 0.6) is 5.75 Å². The summed E-state index contributed by atoms with van der Waals surface area (Å²) in [5, 5.41) is 12.0. The molecule has 0 saturated carbocycles. The second-order valence-corrected chi connectivity index (χ2v) is 5.63. The van der Waals surface area contributed by atoms with Crippen molar-refractivity contribution in [2.45, 2.75) is 25.3 Å². The van der Waals surface area contributed by atoms with Gasteiger partial charge >= 0.3 is 5.97 Å². The number of hydrogen-bond donors (Lipinski definition) is 2. The fourth-order valence-corrected chi connectivity index (χ4v) is 2.69. The van der Waals surface area contributed by atoms with Gasteiger partial charge in [0.1, 0.15) is 5.75 Å². The number of carboxylic acid groups (broad SMARTS) is 1. The number of aromatic nitrogens is 1. The standard InChI is InChI=1S/C18H18N2O4/c21-16(7-5-14-3-1-2-9-19-14)20-17(18(22)23)13-4-6-15-12(11-13)8-10-24-15/h1-4,6,9,11,17H,5,7-8,10H2,(H,20,21)(H,22,23). The monoisotopic (exact) mass is 326 g/mol. The van der Waals surface area contributed by atoms with Gasteiger partial charge in [-0.25, -0.2) is 4.79 Å². The van der Waals surface area contributed by atoms with E-state index in [0.717, 1.165) is 23.4 Å². The van der Waals surface area contributed by atoms with E-state index in [9.17, 15) is 14.7 Å². The number of ether oxygens (including phenoxy) is 1. The molecule has 0 aliphatic carbocycles. The molecule has 1 amide bonds. The Morgan fingerprint density at radius 2 is 2.17 bits per heavy atom. The first-order valence-electron chi connectivity index (χ1n) is 7.81. The number of pyridine rings is 1. The number of amides is 1. The summed E-state index contributed by atoms with van der Waals surface area (Å²) >= 11 is 0. The van der Waals surface area contributed by atoms with Crippen LogP contribution in [0.3, 0.4) is 0 Å². The maximum absolute atomic E-state index is 12.1. The zero-order valence-corrected chi connectivity index (χ0v) is 13.1. The van der Waals surface area contributed by atoms with Crippen LogP contribution in [0.1, 0.15) is 29.3 Å². The average molecular weight is 326 g/mol. The lowest BCUT2D eigenvalue weighted by Gasteiger charge is -2.15. The smallest absolute Gasteiger partial charge is 0.330 e. The van der Waals surface area contributed by atoms with Crippen molar-refractivity contribution in [1.29, 1.82) is 0 Å². The summed E-state index contributed by atoms with van der Waals surface area (Å²) in [5.74, 6) is -0.616. The van der Waals surface area contributed by atoms with Crippen LogP contribution in [-0.2, 0) is 22.4 Å². The van der Waals surface area contributed by atoms with Crippen molar-refractivity contribution in [1.82, 2.24) is 10.3 Å². The second kappa shape index (κ2) is 7.12. The first kappa shape index (κ1) is 16.0. The molecule has 2 aromatic rings. The van der Waals surface area contributed by atoms with Crippen molar-refractivity contribution < 1.29 is 19.4 Å². The van der Waals surface area contributed by atoms with Gasteiger partial charge in [-0.1, -0.05) is 12.1 Å². The molecule has 0 radical (unpaired) electrons. The fourth-order valence-electron chi connectivity index (χ4n) is 2.69. The third kappa shape index (κ3) is 3.71. The maximum Gasteiger partial charge on any atom is 0.330 e. The quantitative estimate of drug-likeness (QED) is 0.846. The van der Waals surface area contributed by atoms with Crippen molar-refractivity contribution >= 4 is 11.9 Å². The molecule has 1 unspecified atom stereocenters. The van der Waals surface area contributed by atoms with Crippen LogP contribution < -0.4 is 10.1 Å². The van der Waals surface area contributed by atoms with E-state index in [1.54, 1.807) is 24.4 Å². The second-order valence-electron chi connectivity index (χ2n) is 5.63. The van der Waals surface area contributed by atoms with Gasteiger partial charge in [-0.3, -0.25) is 9.78 Å². The highest BCUT2D eigenvalue weighted by molar-refractivity contribution is 5.84. The molecule has 0 fully saturated rings. The van der Waals surface area contributed by atoms with Crippen molar-refractivity contribution in [3.8, 4) is 5.75 Å². The Balaban J connectivity index is 1.65. The number of carbonyl (C=O) groups excluding carboxylic acids is 1. The van der Waals surface area contributed by atoms with Gasteiger partial charge in [0.15, 0.2) is 6.04 Å². The predicted octanol–water partition coefficient (Wildman–Crippen LogP) is 1.89. The zero-order chi connectivity index (χ0) is 16.9. The van der Waals surface area contributed by atoms with Crippen LogP contribution >= 0.6 is 0 Å². The van der Waals surface area contributed by atoms with Crippen LogP contribution in [0.2, 0.25) is 0 Å². The fraction of sp³-hybridized carbons (Fsp3) is 0.278. The molecule has 0 spiro atoms. The van der Waals surface area contributed by atoms with Crippen LogP contribution in [0.15, 0.2) is 42.6 Å². The molecule has 3 rings (SSSR count). The minimum atomic E-state index is -1.08. The topological polar surface area (TPSA) is 88.5 Å². The van der Waals surface area contributed by atoms with Crippen LogP contribution in [0, 0.1) is 0 Å². The zero-order valence-electron chi connectivity index (χ0n) is 13.1. The van der Waals surface area contributed by atoms with Crippen LogP contribution in [0.25, 0.3) is 0 Å².